The second kappa shape index (κ2) is 7.79. The highest BCUT2D eigenvalue weighted by Gasteiger charge is 2.02. The lowest BCUT2D eigenvalue weighted by molar-refractivity contribution is 0.130. The van der Waals surface area contributed by atoms with Crippen LogP contribution in [0.25, 0.3) is 0 Å². The summed E-state index contributed by atoms with van der Waals surface area (Å²) in [4.78, 5) is 2.14. The van der Waals surface area contributed by atoms with Gasteiger partial charge in [0.15, 0.2) is 0 Å². The van der Waals surface area contributed by atoms with Crippen molar-refractivity contribution in [3.8, 4) is 0 Å². The maximum Gasteiger partial charge on any atom is 0.122 e. The van der Waals surface area contributed by atoms with Gasteiger partial charge in [-0.1, -0.05) is 13.8 Å². The first-order chi connectivity index (χ1) is 9.00. The fourth-order valence-electron chi connectivity index (χ4n) is 1.65. The minimum Gasteiger partial charge on any atom is -0.384 e. The lowest BCUT2D eigenvalue weighted by atomic mass is 10.1. The molecule has 1 rings (SSSR count). The van der Waals surface area contributed by atoms with E-state index in [0.29, 0.717) is 5.92 Å². The van der Waals surface area contributed by atoms with Crippen molar-refractivity contribution in [3.63, 3.8) is 0 Å². The summed E-state index contributed by atoms with van der Waals surface area (Å²) in [7, 11) is 2.04. The van der Waals surface area contributed by atoms with Gasteiger partial charge in [0.2, 0.25) is 0 Å². The number of rotatable bonds is 8. The Bertz CT molecular complexity index is 387. The van der Waals surface area contributed by atoms with Gasteiger partial charge in [-0.2, -0.15) is 0 Å². The molecule has 0 saturated heterocycles. The zero-order valence-corrected chi connectivity index (χ0v) is 12.1. The predicted molar refractivity (Wildman–Crippen MR) is 81.0 cm³/mol. The van der Waals surface area contributed by atoms with Crippen LogP contribution in [0.2, 0.25) is 0 Å². The van der Waals surface area contributed by atoms with Crippen LogP contribution in [0, 0.1) is 11.3 Å². The van der Waals surface area contributed by atoms with Crippen molar-refractivity contribution in [2.24, 2.45) is 11.7 Å². The van der Waals surface area contributed by atoms with Crippen LogP contribution < -0.4 is 10.6 Å². The summed E-state index contributed by atoms with van der Waals surface area (Å²) >= 11 is 0. The van der Waals surface area contributed by atoms with Gasteiger partial charge in [0.1, 0.15) is 5.84 Å². The van der Waals surface area contributed by atoms with Crippen LogP contribution in [-0.2, 0) is 4.74 Å². The first-order valence-corrected chi connectivity index (χ1v) is 6.74. The standard InChI is InChI=1S/C15H25N3O/c1-12(2)8-10-19-11-9-18(3)14-6-4-13(5-7-14)15(16)17/h4-7,12H,8-11H2,1-3H3,(H3,16,17). The van der Waals surface area contributed by atoms with Gasteiger partial charge in [0.05, 0.1) is 6.61 Å². The Labute approximate surface area is 116 Å². The van der Waals surface area contributed by atoms with E-state index < -0.39 is 0 Å². The summed E-state index contributed by atoms with van der Waals surface area (Å²) in [5, 5.41) is 7.35. The number of benzene rings is 1. The molecule has 1 aromatic rings. The highest BCUT2D eigenvalue weighted by Crippen LogP contribution is 2.13. The van der Waals surface area contributed by atoms with Crippen LogP contribution in [0.1, 0.15) is 25.8 Å². The third-order valence-electron chi connectivity index (χ3n) is 3.03. The van der Waals surface area contributed by atoms with E-state index in [-0.39, 0.29) is 5.84 Å². The zero-order valence-electron chi connectivity index (χ0n) is 12.1. The Balaban J connectivity index is 2.33. The largest absolute Gasteiger partial charge is 0.384 e. The van der Waals surface area contributed by atoms with Crippen molar-refractivity contribution in [1.82, 2.24) is 0 Å². The lowest BCUT2D eigenvalue weighted by Crippen LogP contribution is -2.23. The summed E-state index contributed by atoms with van der Waals surface area (Å²) in [6.45, 7) is 6.82. The van der Waals surface area contributed by atoms with Gasteiger partial charge in [0.25, 0.3) is 0 Å². The molecule has 1 aromatic carbocycles. The van der Waals surface area contributed by atoms with Gasteiger partial charge in [-0.3, -0.25) is 5.41 Å². The average molecular weight is 263 g/mol. The molecular formula is C15H25N3O. The lowest BCUT2D eigenvalue weighted by Gasteiger charge is -2.19. The fraction of sp³-hybridized carbons (Fsp3) is 0.533. The molecule has 0 aromatic heterocycles. The summed E-state index contributed by atoms with van der Waals surface area (Å²) in [6.07, 6.45) is 1.11. The zero-order chi connectivity index (χ0) is 14.3. The maximum absolute atomic E-state index is 7.35. The number of nitrogens with zero attached hydrogens (tertiary/aromatic N) is 1. The van der Waals surface area contributed by atoms with E-state index in [1.165, 1.54) is 0 Å². The molecule has 0 spiro atoms. The van der Waals surface area contributed by atoms with Gasteiger partial charge in [-0.05, 0) is 36.6 Å². The number of nitrogens with two attached hydrogens (primary N) is 1. The van der Waals surface area contributed by atoms with Crippen LogP contribution >= 0.6 is 0 Å². The minimum atomic E-state index is 0.103. The maximum atomic E-state index is 7.35. The van der Waals surface area contributed by atoms with Gasteiger partial charge in [-0.15, -0.1) is 0 Å². The van der Waals surface area contributed by atoms with E-state index in [2.05, 4.69) is 18.7 Å². The molecule has 0 heterocycles. The van der Waals surface area contributed by atoms with E-state index in [9.17, 15) is 0 Å². The number of nitrogen functional groups attached to an aromatic ring is 1. The monoisotopic (exact) mass is 263 g/mol. The number of nitrogens with one attached hydrogen (secondary N) is 1. The molecular weight excluding hydrogens is 238 g/mol. The normalized spacial score (nSPS) is 10.7. The molecule has 0 saturated carbocycles. The highest BCUT2D eigenvalue weighted by molar-refractivity contribution is 5.95. The quantitative estimate of drug-likeness (QED) is 0.430. The SMILES string of the molecule is CC(C)CCOCCN(C)c1ccc(C(=N)N)cc1. The topological polar surface area (TPSA) is 62.3 Å². The number of hydrogen-bond acceptors (Lipinski definition) is 3. The van der Waals surface area contributed by atoms with Gasteiger partial charge in [0, 0.05) is 31.5 Å². The number of hydrogen-bond donors (Lipinski definition) is 2. The fourth-order valence-corrected chi connectivity index (χ4v) is 1.65. The highest BCUT2D eigenvalue weighted by atomic mass is 16.5. The molecule has 0 unspecified atom stereocenters. The third kappa shape index (κ3) is 5.75. The summed E-state index contributed by atoms with van der Waals surface area (Å²) in [5.41, 5.74) is 7.29. The molecule has 19 heavy (non-hydrogen) atoms. The second-order valence-corrected chi connectivity index (χ2v) is 5.18. The van der Waals surface area contributed by atoms with Crippen LogP contribution in [0.15, 0.2) is 24.3 Å². The second-order valence-electron chi connectivity index (χ2n) is 5.18. The van der Waals surface area contributed by atoms with E-state index in [1.807, 2.05) is 31.3 Å². The molecule has 0 atom stereocenters. The Kier molecular flexibility index (Phi) is 6.36. The number of amidine groups is 1. The Hall–Kier alpha value is -1.55. The molecule has 0 fully saturated rings. The average Bonchev–Trinajstić information content (AvgIpc) is 2.37. The Morgan fingerprint density at radius 1 is 1.26 bits per heavy atom. The molecule has 0 aliphatic carbocycles. The molecule has 0 amide bonds. The van der Waals surface area contributed by atoms with Crippen molar-refractivity contribution >= 4 is 11.5 Å². The number of likely N-dealkylation sites (N-methyl/N-ethyl adjacent to an activating group) is 1. The van der Waals surface area contributed by atoms with Crippen LogP contribution in [-0.4, -0.2) is 32.6 Å². The summed E-state index contributed by atoms with van der Waals surface area (Å²) < 4.78 is 5.60. The van der Waals surface area contributed by atoms with Crippen molar-refractivity contribution in [1.29, 1.82) is 5.41 Å². The van der Waals surface area contributed by atoms with Crippen molar-refractivity contribution < 1.29 is 4.74 Å². The minimum absolute atomic E-state index is 0.103. The Morgan fingerprint density at radius 3 is 2.42 bits per heavy atom. The van der Waals surface area contributed by atoms with Gasteiger partial charge in [-0.25, -0.2) is 0 Å². The molecule has 0 bridgehead atoms. The molecule has 3 N–H and O–H groups in total. The molecule has 0 aliphatic rings. The smallest absolute Gasteiger partial charge is 0.122 e. The molecule has 4 heteroatoms. The van der Waals surface area contributed by atoms with Crippen LogP contribution in [0.4, 0.5) is 5.69 Å². The summed E-state index contributed by atoms with van der Waals surface area (Å²) in [6, 6.07) is 7.69. The van der Waals surface area contributed by atoms with Crippen molar-refractivity contribution in [3.05, 3.63) is 29.8 Å². The molecule has 106 valence electrons. The van der Waals surface area contributed by atoms with E-state index in [4.69, 9.17) is 15.9 Å². The third-order valence-corrected chi connectivity index (χ3v) is 3.03. The first-order valence-electron chi connectivity index (χ1n) is 6.74. The van der Waals surface area contributed by atoms with Crippen molar-refractivity contribution in [2.45, 2.75) is 20.3 Å². The van der Waals surface area contributed by atoms with E-state index in [1.54, 1.807) is 0 Å². The first kappa shape index (κ1) is 15.5. The number of anilines is 1. The van der Waals surface area contributed by atoms with Gasteiger partial charge < -0.3 is 15.4 Å². The molecule has 4 nitrogen and oxygen atoms in total. The summed E-state index contributed by atoms with van der Waals surface area (Å²) in [5.74, 6) is 0.795. The number of ether oxygens (including phenoxy) is 1. The van der Waals surface area contributed by atoms with E-state index >= 15 is 0 Å². The van der Waals surface area contributed by atoms with Crippen LogP contribution in [0.5, 0.6) is 0 Å². The van der Waals surface area contributed by atoms with Gasteiger partial charge >= 0.3 is 0 Å². The van der Waals surface area contributed by atoms with Crippen molar-refractivity contribution in [2.75, 3.05) is 31.7 Å². The molecule has 0 aliphatic heterocycles. The Morgan fingerprint density at radius 2 is 1.89 bits per heavy atom. The molecule has 0 radical (unpaired) electrons. The van der Waals surface area contributed by atoms with Crippen LogP contribution in [0.3, 0.4) is 0 Å². The van der Waals surface area contributed by atoms with E-state index in [0.717, 1.165) is 37.4 Å². The predicted octanol–water partition coefficient (Wildman–Crippen LogP) is 2.47.